The van der Waals surface area contributed by atoms with E-state index in [1.165, 1.54) is 22.3 Å². The van der Waals surface area contributed by atoms with Gasteiger partial charge in [-0.1, -0.05) is 17.7 Å². The predicted octanol–water partition coefficient (Wildman–Crippen LogP) is 3.05. The van der Waals surface area contributed by atoms with E-state index in [9.17, 15) is 0 Å². The van der Waals surface area contributed by atoms with Crippen molar-refractivity contribution in [2.75, 3.05) is 25.6 Å². The van der Waals surface area contributed by atoms with E-state index >= 15 is 0 Å². The lowest BCUT2D eigenvalue weighted by Crippen LogP contribution is -2.46. The van der Waals surface area contributed by atoms with Gasteiger partial charge in [-0.15, -0.1) is 11.6 Å². The van der Waals surface area contributed by atoms with Gasteiger partial charge < -0.3 is 4.74 Å². The first-order valence-corrected chi connectivity index (χ1v) is 7.09. The van der Waals surface area contributed by atoms with Crippen molar-refractivity contribution in [2.45, 2.75) is 33.4 Å². The van der Waals surface area contributed by atoms with E-state index in [-0.39, 0.29) is 0 Å². The molecular formula is C15H22ClNO. The zero-order valence-electron chi connectivity index (χ0n) is 11.5. The van der Waals surface area contributed by atoms with E-state index in [0.717, 1.165) is 26.3 Å². The highest BCUT2D eigenvalue weighted by molar-refractivity contribution is 6.18. The molecule has 0 N–H and O–H groups in total. The summed E-state index contributed by atoms with van der Waals surface area (Å²) in [5, 5.41) is 0. The number of rotatable bonds is 3. The van der Waals surface area contributed by atoms with Crippen molar-refractivity contribution in [3.05, 3.63) is 34.4 Å². The highest BCUT2D eigenvalue weighted by Gasteiger charge is 2.23. The van der Waals surface area contributed by atoms with Gasteiger partial charge in [-0.3, -0.25) is 4.90 Å². The number of ether oxygens (including phenoxy) is 1. The van der Waals surface area contributed by atoms with Crippen LogP contribution in [0.15, 0.2) is 12.1 Å². The molecule has 1 aliphatic rings. The molecule has 1 unspecified atom stereocenters. The molecule has 1 atom stereocenters. The standard InChI is InChI=1S/C15H22ClNO/c1-11-6-12(2)15(13(3)7-11)9-17-4-5-18-10-14(17)8-16/h6-7,14H,4-5,8-10H2,1-3H3. The normalized spacial score (nSPS) is 21.2. The molecular weight excluding hydrogens is 246 g/mol. The Morgan fingerprint density at radius 1 is 1.28 bits per heavy atom. The highest BCUT2D eigenvalue weighted by atomic mass is 35.5. The van der Waals surface area contributed by atoms with E-state index in [0.29, 0.717) is 11.9 Å². The minimum Gasteiger partial charge on any atom is -0.378 e. The average Bonchev–Trinajstić information content (AvgIpc) is 2.34. The van der Waals surface area contributed by atoms with Crippen molar-refractivity contribution in [1.82, 2.24) is 4.90 Å². The number of aryl methyl sites for hydroxylation is 3. The largest absolute Gasteiger partial charge is 0.378 e. The second-order valence-corrected chi connectivity index (χ2v) is 5.54. The fourth-order valence-corrected chi connectivity index (χ4v) is 2.99. The molecule has 0 amide bonds. The molecule has 0 aromatic heterocycles. The Morgan fingerprint density at radius 3 is 2.56 bits per heavy atom. The Labute approximate surface area is 115 Å². The number of hydrogen-bond donors (Lipinski definition) is 0. The van der Waals surface area contributed by atoms with Crippen LogP contribution in [0, 0.1) is 20.8 Å². The molecule has 0 aliphatic carbocycles. The van der Waals surface area contributed by atoms with Gasteiger partial charge in [-0.05, 0) is 37.5 Å². The van der Waals surface area contributed by atoms with Gasteiger partial charge in [0, 0.05) is 25.0 Å². The minimum absolute atomic E-state index is 0.348. The maximum absolute atomic E-state index is 6.02. The van der Waals surface area contributed by atoms with Crippen LogP contribution in [0.1, 0.15) is 22.3 Å². The van der Waals surface area contributed by atoms with Crippen molar-refractivity contribution in [2.24, 2.45) is 0 Å². The summed E-state index contributed by atoms with van der Waals surface area (Å²) in [5.41, 5.74) is 5.54. The Morgan fingerprint density at radius 2 is 1.94 bits per heavy atom. The summed E-state index contributed by atoms with van der Waals surface area (Å²) in [4.78, 5) is 2.45. The van der Waals surface area contributed by atoms with Crippen LogP contribution in [0.5, 0.6) is 0 Å². The van der Waals surface area contributed by atoms with Crippen LogP contribution < -0.4 is 0 Å². The Hall–Kier alpha value is -0.570. The summed E-state index contributed by atoms with van der Waals surface area (Å²) >= 11 is 6.02. The van der Waals surface area contributed by atoms with E-state index in [4.69, 9.17) is 16.3 Å². The molecule has 3 heteroatoms. The molecule has 1 aliphatic heterocycles. The van der Waals surface area contributed by atoms with Gasteiger partial charge in [0.15, 0.2) is 0 Å². The first-order chi connectivity index (χ1) is 8.61. The zero-order valence-corrected chi connectivity index (χ0v) is 12.3. The number of benzene rings is 1. The first kappa shape index (κ1) is 13.9. The van der Waals surface area contributed by atoms with Crippen LogP contribution in [0.3, 0.4) is 0 Å². The van der Waals surface area contributed by atoms with E-state index in [1.54, 1.807) is 0 Å². The van der Waals surface area contributed by atoms with Gasteiger partial charge in [0.05, 0.1) is 13.2 Å². The van der Waals surface area contributed by atoms with Crippen LogP contribution in [0.25, 0.3) is 0 Å². The van der Waals surface area contributed by atoms with Gasteiger partial charge in [0.25, 0.3) is 0 Å². The number of alkyl halides is 1. The molecule has 100 valence electrons. The smallest absolute Gasteiger partial charge is 0.0634 e. The molecule has 0 bridgehead atoms. The summed E-state index contributed by atoms with van der Waals surface area (Å²) < 4.78 is 5.49. The minimum atomic E-state index is 0.348. The maximum Gasteiger partial charge on any atom is 0.0634 e. The predicted molar refractivity (Wildman–Crippen MR) is 76.4 cm³/mol. The summed E-state index contributed by atoms with van der Waals surface area (Å²) in [6, 6.07) is 4.87. The molecule has 1 saturated heterocycles. The Kier molecular flexibility index (Phi) is 4.66. The Balaban J connectivity index is 2.17. The average molecular weight is 268 g/mol. The Bertz CT molecular complexity index is 396. The monoisotopic (exact) mass is 267 g/mol. The summed E-state index contributed by atoms with van der Waals surface area (Å²) in [6.07, 6.45) is 0. The van der Waals surface area contributed by atoms with Crippen LogP contribution in [0.4, 0.5) is 0 Å². The summed E-state index contributed by atoms with van der Waals surface area (Å²) in [6.45, 7) is 10.1. The third kappa shape index (κ3) is 3.05. The summed E-state index contributed by atoms with van der Waals surface area (Å²) in [7, 11) is 0. The second-order valence-electron chi connectivity index (χ2n) is 5.23. The number of halogens is 1. The number of morpholine rings is 1. The molecule has 0 spiro atoms. The van der Waals surface area contributed by atoms with Crippen LogP contribution >= 0.6 is 11.6 Å². The molecule has 0 radical (unpaired) electrons. The van der Waals surface area contributed by atoms with Crippen LogP contribution in [-0.2, 0) is 11.3 Å². The second kappa shape index (κ2) is 6.05. The first-order valence-electron chi connectivity index (χ1n) is 6.56. The molecule has 1 heterocycles. The van der Waals surface area contributed by atoms with Gasteiger partial charge in [-0.25, -0.2) is 0 Å². The van der Waals surface area contributed by atoms with Crippen molar-refractivity contribution in [3.63, 3.8) is 0 Å². The molecule has 2 rings (SSSR count). The lowest BCUT2D eigenvalue weighted by molar-refractivity contribution is -0.00319. The maximum atomic E-state index is 6.02. The van der Waals surface area contributed by atoms with E-state index in [2.05, 4.69) is 37.8 Å². The molecule has 1 aromatic carbocycles. The molecule has 2 nitrogen and oxygen atoms in total. The van der Waals surface area contributed by atoms with Gasteiger partial charge in [-0.2, -0.15) is 0 Å². The third-order valence-corrected chi connectivity index (χ3v) is 4.09. The topological polar surface area (TPSA) is 12.5 Å². The SMILES string of the molecule is Cc1cc(C)c(CN2CCOCC2CCl)c(C)c1. The van der Waals surface area contributed by atoms with E-state index < -0.39 is 0 Å². The quantitative estimate of drug-likeness (QED) is 0.781. The third-order valence-electron chi connectivity index (χ3n) is 3.73. The van der Waals surface area contributed by atoms with Crippen molar-refractivity contribution >= 4 is 11.6 Å². The lowest BCUT2D eigenvalue weighted by Gasteiger charge is -2.35. The van der Waals surface area contributed by atoms with Gasteiger partial charge in [0.1, 0.15) is 0 Å². The van der Waals surface area contributed by atoms with Gasteiger partial charge in [0.2, 0.25) is 0 Å². The highest BCUT2D eigenvalue weighted by Crippen LogP contribution is 2.21. The van der Waals surface area contributed by atoms with Crippen LogP contribution in [-0.4, -0.2) is 36.6 Å². The van der Waals surface area contributed by atoms with Crippen molar-refractivity contribution in [3.8, 4) is 0 Å². The fraction of sp³-hybridized carbons (Fsp3) is 0.600. The number of hydrogen-bond acceptors (Lipinski definition) is 2. The van der Waals surface area contributed by atoms with Gasteiger partial charge >= 0.3 is 0 Å². The number of nitrogens with zero attached hydrogens (tertiary/aromatic N) is 1. The van der Waals surface area contributed by atoms with Crippen molar-refractivity contribution in [1.29, 1.82) is 0 Å². The molecule has 1 aromatic rings. The molecule has 1 fully saturated rings. The lowest BCUT2D eigenvalue weighted by atomic mass is 9.99. The fourth-order valence-electron chi connectivity index (χ4n) is 2.70. The van der Waals surface area contributed by atoms with Crippen LogP contribution in [0.2, 0.25) is 0 Å². The van der Waals surface area contributed by atoms with Crippen molar-refractivity contribution < 1.29 is 4.74 Å². The molecule has 18 heavy (non-hydrogen) atoms. The van der Waals surface area contributed by atoms with E-state index in [1.807, 2.05) is 0 Å². The zero-order chi connectivity index (χ0) is 13.1. The summed E-state index contributed by atoms with van der Waals surface area (Å²) in [5.74, 6) is 0.643. The molecule has 0 saturated carbocycles.